The van der Waals surface area contributed by atoms with Gasteiger partial charge in [-0.25, -0.2) is 9.97 Å². The van der Waals surface area contributed by atoms with Gasteiger partial charge >= 0.3 is 0 Å². The van der Waals surface area contributed by atoms with Gasteiger partial charge in [0.2, 0.25) is 5.95 Å². The Morgan fingerprint density at radius 3 is 2.94 bits per heavy atom. The van der Waals surface area contributed by atoms with Gasteiger partial charge in [0.05, 0.1) is 10.6 Å². The van der Waals surface area contributed by atoms with Gasteiger partial charge in [-0.05, 0) is 6.07 Å². The van der Waals surface area contributed by atoms with Crippen molar-refractivity contribution in [2.45, 2.75) is 0 Å². The third kappa shape index (κ3) is 2.54. The summed E-state index contributed by atoms with van der Waals surface area (Å²) in [5.41, 5.74) is 0.336. The van der Waals surface area contributed by atoms with E-state index < -0.39 is 0 Å². The van der Waals surface area contributed by atoms with Crippen molar-refractivity contribution < 1.29 is 4.79 Å². The molecule has 2 aromatic rings. The zero-order valence-corrected chi connectivity index (χ0v) is 9.75. The lowest BCUT2D eigenvalue weighted by molar-refractivity contribution is 0.102. The van der Waals surface area contributed by atoms with Gasteiger partial charge in [-0.1, -0.05) is 11.6 Å². The molecule has 6 nitrogen and oxygen atoms in total. The second kappa shape index (κ2) is 4.84. The number of hydrogen-bond donors (Lipinski definition) is 3. The summed E-state index contributed by atoms with van der Waals surface area (Å²) >= 11 is 5.91. The summed E-state index contributed by atoms with van der Waals surface area (Å²) in [6.07, 6.45) is 4.58. The summed E-state index contributed by atoms with van der Waals surface area (Å²) in [6.45, 7) is 0. The molecule has 88 valence electrons. The summed E-state index contributed by atoms with van der Waals surface area (Å²) in [5, 5.41) is 5.71. The standard InChI is InChI=1S/C10H10ClN5O/c1-12-8-4-6(7(11)5-15-8)9(17)16-10-13-2-3-14-10/h2-5H,1H3,(H,12,15)(H2,13,14,16,17). The SMILES string of the molecule is CNc1cc(C(=O)Nc2ncc[nH]2)c(Cl)cn1. The molecule has 0 aromatic carbocycles. The van der Waals surface area contributed by atoms with Gasteiger partial charge < -0.3 is 10.3 Å². The van der Waals surface area contributed by atoms with Crippen LogP contribution in [0.5, 0.6) is 0 Å². The quantitative estimate of drug-likeness (QED) is 0.776. The summed E-state index contributed by atoms with van der Waals surface area (Å²) in [6, 6.07) is 1.57. The highest BCUT2D eigenvalue weighted by Crippen LogP contribution is 2.18. The molecule has 0 unspecified atom stereocenters. The fourth-order valence-corrected chi connectivity index (χ4v) is 1.45. The van der Waals surface area contributed by atoms with Gasteiger partial charge in [0, 0.05) is 25.6 Å². The number of carbonyl (C=O) groups is 1. The van der Waals surface area contributed by atoms with Crippen LogP contribution < -0.4 is 10.6 Å². The number of aromatic nitrogens is 3. The lowest BCUT2D eigenvalue weighted by atomic mass is 10.2. The molecule has 0 spiro atoms. The Balaban J connectivity index is 2.24. The van der Waals surface area contributed by atoms with Crippen molar-refractivity contribution in [3.8, 4) is 0 Å². The van der Waals surface area contributed by atoms with Crippen LogP contribution in [0.2, 0.25) is 5.02 Å². The molecule has 1 amide bonds. The van der Waals surface area contributed by atoms with Crippen LogP contribution >= 0.6 is 11.6 Å². The summed E-state index contributed by atoms with van der Waals surface area (Å²) in [7, 11) is 1.71. The highest BCUT2D eigenvalue weighted by atomic mass is 35.5. The number of anilines is 2. The number of H-pyrrole nitrogens is 1. The van der Waals surface area contributed by atoms with Crippen molar-refractivity contribution >= 4 is 29.3 Å². The average Bonchev–Trinajstić information content (AvgIpc) is 2.82. The van der Waals surface area contributed by atoms with Gasteiger partial charge in [0.25, 0.3) is 5.91 Å². The molecule has 2 rings (SSSR count). The molecule has 0 bridgehead atoms. The van der Waals surface area contributed by atoms with E-state index in [1.54, 1.807) is 25.5 Å². The molecule has 7 heteroatoms. The third-order valence-electron chi connectivity index (χ3n) is 2.09. The lowest BCUT2D eigenvalue weighted by Gasteiger charge is -2.06. The number of nitrogens with one attached hydrogen (secondary N) is 3. The van der Waals surface area contributed by atoms with E-state index >= 15 is 0 Å². The average molecular weight is 252 g/mol. The second-order valence-corrected chi connectivity index (χ2v) is 3.60. The van der Waals surface area contributed by atoms with Gasteiger partial charge in [-0.3, -0.25) is 10.1 Å². The molecule has 2 heterocycles. The van der Waals surface area contributed by atoms with E-state index in [2.05, 4.69) is 25.6 Å². The second-order valence-electron chi connectivity index (χ2n) is 3.19. The predicted molar refractivity (Wildman–Crippen MR) is 65.3 cm³/mol. The van der Waals surface area contributed by atoms with Crippen LogP contribution in [0.15, 0.2) is 24.7 Å². The lowest BCUT2D eigenvalue weighted by Crippen LogP contribution is -2.14. The smallest absolute Gasteiger partial charge is 0.259 e. The highest BCUT2D eigenvalue weighted by molar-refractivity contribution is 6.34. The van der Waals surface area contributed by atoms with Gasteiger partial charge in [-0.15, -0.1) is 0 Å². The Bertz CT molecular complexity index is 525. The number of hydrogen-bond acceptors (Lipinski definition) is 4. The minimum atomic E-state index is -0.344. The van der Waals surface area contributed by atoms with Crippen molar-refractivity contribution in [1.82, 2.24) is 15.0 Å². The zero-order chi connectivity index (χ0) is 12.3. The summed E-state index contributed by atoms with van der Waals surface area (Å²) in [4.78, 5) is 22.5. The predicted octanol–water partition coefficient (Wildman–Crippen LogP) is 1.75. The first kappa shape index (κ1) is 11.4. The third-order valence-corrected chi connectivity index (χ3v) is 2.39. The maximum atomic E-state index is 11.9. The first-order valence-electron chi connectivity index (χ1n) is 4.84. The van der Waals surface area contributed by atoms with E-state index in [0.29, 0.717) is 17.3 Å². The number of halogens is 1. The number of imidazole rings is 1. The van der Waals surface area contributed by atoms with Crippen LogP contribution in [0.1, 0.15) is 10.4 Å². The Labute approximate surface area is 102 Å². The molecule has 0 radical (unpaired) electrons. The maximum Gasteiger partial charge on any atom is 0.259 e. The number of amides is 1. The van der Waals surface area contributed by atoms with Crippen LogP contribution in [-0.2, 0) is 0 Å². The van der Waals surface area contributed by atoms with E-state index in [0.717, 1.165) is 0 Å². The Morgan fingerprint density at radius 2 is 2.29 bits per heavy atom. The molecule has 0 saturated heterocycles. The van der Waals surface area contributed by atoms with E-state index in [1.807, 2.05) is 0 Å². The first-order valence-corrected chi connectivity index (χ1v) is 5.22. The molecule has 0 aliphatic rings. The fraction of sp³-hybridized carbons (Fsp3) is 0.100. The number of pyridine rings is 1. The van der Waals surface area contributed by atoms with Crippen LogP contribution in [0.4, 0.5) is 11.8 Å². The normalized spacial score (nSPS) is 10.0. The topological polar surface area (TPSA) is 82.7 Å². The number of nitrogens with zero attached hydrogens (tertiary/aromatic N) is 2. The Morgan fingerprint density at radius 1 is 1.47 bits per heavy atom. The molecule has 0 saturated carbocycles. The van der Waals surface area contributed by atoms with E-state index in [9.17, 15) is 4.79 Å². The molecule has 0 fully saturated rings. The van der Waals surface area contributed by atoms with Crippen LogP contribution in [0, 0.1) is 0 Å². The number of carbonyl (C=O) groups excluding carboxylic acids is 1. The van der Waals surface area contributed by atoms with Crippen molar-refractivity contribution in [3.63, 3.8) is 0 Å². The van der Waals surface area contributed by atoms with Crippen LogP contribution in [-0.4, -0.2) is 27.9 Å². The Kier molecular flexibility index (Phi) is 3.24. The van der Waals surface area contributed by atoms with Crippen LogP contribution in [0.3, 0.4) is 0 Å². The molecule has 0 aliphatic heterocycles. The highest BCUT2D eigenvalue weighted by Gasteiger charge is 2.12. The molecule has 3 N–H and O–H groups in total. The van der Waals surface area contributed by atoms with Crippen molar-refractivity contribution in [3.05, 3.63) is 35.2 Å². The summed E-state index contributed by atoms with van der Waals surface area (Å²) in [5.74, 6) is 0.594. The Hall–Kier alpha value is -2.08. The monoisotopic (exact) mass is 251 g/mol. The van der Waals surface area contributed by atoms with Gasteiger partial charge in [-0.2, -0.15) is 0 Å². The van der Waals surface area contributed by atoms with Crippen molar-refractivity contribution in [1.29, 1.82) is 0 Å². The molecule has 2 aromatic heterocycles. The minimum Gasteiger partial charge on any atom is -0.373 e. The number of aromatic amines is 1. The maximum absolute atomic E-state index is 11.9. The molecule has 0 aliphatic carbocycles. The van der Waals surface area contributed by atoms with Gasteiger partial charge in [0.15, 0.2) is 0 Å². The largest absolute Gasteiger partial charge is 0.373 e. The zero-order valence-electron chi connectivity index (χ0n) is 8.99. The number of rotatable bonds is 3. The fourth-order valence-electron chi connectivity index (χ4n) is 1.26. The first-order chi connectivity index (χ1) is 8.20. The molecular weight excluding hydrogens is 242 g/mol. The van der Waals surface area contributed by atoms with Crippen molar-refractivity contribution in [2.75, 3.05) is 17.7 Å². The van der Waals surface area contributed by atoms with Crippen molar-refractivity contribution in [2.24, 2.45) is 0 Å². The molecule has 0 atom stereocenters. The molecular formula is C10H10ClN5O. The van der Waals surface area contributed by atoms with Gasteiger partial charge in [0.1, 0.15) is 5.82 Å². The molecule has 17 heavy (non-hydrogen) atoms. The van der Waals surface area contributed by atoms with E-state index in [4.69, 9.17) is 11.6 Å². The summed E-state index contributed by atoms with van der Waals surface area (Å²) < 4.78 is 0. The van der Waals surface area contributed by atoms with E-state index in [-0.39, 0.29) is 10.9 Å². The minimum absolute atomic E-state index is 0.285. The van der Waals surface area contributed by atoms with Crippen LogP contribution in [0.25, 0.3) is 0 Å². The van der Waals surface area contributed by atoms with E-state index in [1.165, 1.54) is 6.20 Å².